The maximum Gasteiger partial charge on any atom is 0.120 e. The lowest BCUT2D eigenvalue weighted by molar-refractivity contribution is -0.107. The first kappa shape index (κ1) is 11.2. The summed E-state index contributed by atoms with van der Waals surface area (Å²) in [6.07, 6.45) is 4.36. The molecule has 90 valence electrons. The molecule has 0 radical (unpaired) electrons. The van der Waals surface area contributed by atoms with Crippen molar-refractivity contribution in [3.05, 3.63) is 46.8 Å². The second kappa shape index (κ2) is 4.78. The van der Waals surface area contributed by atoms with E-state index in [0.29, 0.717) is 6.42 Å². The quantitative estimate of drug-likeness (QED) is 0.701. The number of aromatic nitrogens is 1. The maximum atomic E-state index is 10.5. The van der Waals surface area contributed by atoms with Crippen molar-refractivity contribution in [3.8, 4) is 11.1 Å². The van der Waals surface area contributed by atoms with Gasteiger partial charge in [-0.3, -0.25) is 0 Å². The molecule has 0 bridgehead atoms. The van der Waals surface area contributed by atoms with E-state index in [0.717, 1.165) is 18.2 Å². The first-order chi connectivity index (χ1) is 8.88. The van der Waals surface area contributed by atoms with Crippen LogP contribution in [0.15, 0.2) is 41.2 Å². The number of aldehydes is 1. The summed E-state index contributed by atoms with van der Waals surface area (Å²) in [6, 6.07) is 8.56. The Bertz CT molecular complexity index is 667. The number of rotatable bonds is 4. The zero-order chi connectivity index (χ0) is 12.4. The minimum atomic E-state index is 0.579. The van der Waals surface area contributed by atoms with Crippen molar-refractivity contribution in [2.24, 2.45) is 0 Å². The van der Waals surface area contributed by atoms with E-state index >= 15 is 0 Å². The molecular weight excluding hydrogens is 242 g/mol. The number of hydrogen-bond acceptors (Lipinski definition) is 2. The van der Waals surface area contributed by atoms with Crippen LogP contribution in [0.1, 0.15) is 12.0 Å². The van der Waals surface area contributed by atoms with Gasteiger partial charge in [0.05, 0.1) is 0 Å². The Balaban J connectivity index is 2.06. The van der Waals surface area contributed by atoms with Crippen molar-refractivity contribution in [2.45, 2.75) is 12.8 Å². The lowest BCUT2D eigenvalue weighted by atomic mass is 10.0. The van der Waals surface area contributed by atoms with Crippen molar-refractivity contribution < 1.29 is 4.79 Å². The van der Waals surface area contributed by atoms with Crippen LogP contribution in [0.3, 0.4) is 0 Å². The molecule has 2 nitrogen and oxygen atoms in total. The van der Waals surface area contributed by atoms with Crippen molar-refractivity contribution in [1.82, 2.24) is 4.98 Å². The van der Waals surface area contributed by atoms with Gasteiger partial charge in [-0.2, -0.15) is 11.3 Å². The first-order valence-corrected chi connectivity index (χ1v) is 6.89. The highest BCUT2D eigenvalue weighted by Crippen LogP contribution is 2.28. The van der Waals surface area contributed by atoms with Crippen LogP contribution in [0.25, 0.3) is 22.0 Å². The number of carbonyl (C=O) groups is 1. The van der Waals surface area contributed by atoms with Crippen LogP contribution >= 0.6 is 11.3 Å². The average molecular weight is 255 g/mol. The number of hydrogen-bond donors (Lipinski definition) is 1. The largest absolute Gasteiger partial charge is 0.361 e. The third-order valence-corrected chi connectivity index (χ3v) is 3.84. The number of thiophene rings is 1. The summed E-state index contributed by atoms with van der Waals surface area (Å²) in [5.41, 5.74) is 4.84. The topological polar surface area (TPSA) is 32.9 Å². The van der Waals surface area contributed by atoms with Crippen molar-refractivity contribution in [1.29, 1.82) is 0 Å². The third-order valence-electron chi connectivity index (χ3n) is 3.15. The highest BCUT2D eigenvalue weighted by atomic mass is 32.1. The molecule has 18 heavy (non-hydrogen) atoms. The summed E-state index contributed by atoms with van der Waals surface area (Å²) in [5.74, 6) is 0. The molecule has 3 heteroatoms. The number of carbonyl (C=O) groups excluding carboxylic acids is 1. The van der Waals surface area contributed by atoms with E-state index in [-0.39, 0.29) is 0 Å². The van der Waals surface area contributed by atoms with Crippen LogP contribution in [0, 0.1) is 0 Å². The molecule has 1 N–H and O–H groups in total. The number of H-pyrrole nitrogens is 1. The fourth-order valence-corrected chi connectivity index (χ4v) is 2.87. The van der Waals surface area contributed by atoms with Gasteiger partial charge in [0.25, 0.3) is 0 Å². The molecule has 0 aliphatic carbocycles. The number of aryl methyl sites for hydroxylation is 1. The fraction of sp³-hybridized carbons (Fsp3) is 0.133. The highest BCUT2D eigenvalue weighted by molar-refractivity contribution is 7.08. The SMILES string of the molecule is O=CCCc1c[nH]c2ccc(-c3ccsc3)cc12. The van der Waals surface area contributed by atoms with Gasteiger partial charge in [0.15, 0.2) is 0 Å². The van der Waals surface area contributed by atoms with Crippen LogP contribution in [-0.2, 0) is 11.2 Å². The molecule has 2 aromatic heterocycles. The highest BCUT2D eigenvalue weighted by Gasteiger charge is 2.05. The summed E-state index contributed by atoms with van der Waals surface area (Å²) in [6.45, 7) is 0. The van der Waals surface area contributed by atoms with Gasteiger partial charge in [-0.25, -0.2) is 0 Å². The third kappa shape index (κ3) is 1.97. The van der Waals surface area contributed by atoms with E-state index in [9.17, 15) is 4.79 Å². The summed E-state index contributed by atoms with van der Waals surface area (Å²) in [7, 11) is 0. The monoisotopic (exact) mass is 255 g/mol. The van der Waals surface area contributed by atoms with Gasteiger partial charge in [-0.05, 0) is 52.1 Å². The lowest BCUT2D eigenvalue weighted by Gasteiger charge is -2.00. The van der Waals surface area contributed by atoms with E-state index in [1.807, 2.05) is 6.20 Å². The van der Waals surface area contributed by atoms with Gasteiger partial charge in [-0.1, -0.05) is 6.07 Å². The zero-order valence-corrected chi connectivity index (χ0v) is 10.7. The maximum absolute atomic E-state index is 10.5. The Kier molecular flexibility index (Phi) is 2.99. The van der Waals surface area contributed by atoms with Gasteiger partial charge >= 0.3 is 0 Å². The van der Waals surface area contributed by atoms with Gasteiger partial charge in [0, 0.05) is 23.5 Å². The van der Waals surface area contributed by atoms with Crippen LogP contribution in [0.4, 0.5) is 0 Å². The van der Waals surface area contributed by atoms with Crippen molar-refractivity contribution >= 4 is 28.5 Å². The number of nitrogens with one attached hydrogen (secondary N) is 1. The molecule has 0 saturated heterocycles. The van der Waals surface area contributed by atoms with Gasteiger partial charge in [-0.15, -0.1) is 0 Å². The lowest BCUT2D eigenvalue weighted by Crippen LogP contribution is -1.84. The minimum Gasteiger partial charge on any atom is -0.361 e. The van der Waals surface area contributed by atoms with Crippen LogP contribution in [0.5, 0.6) is 0 Å². The van der Waals surface area contributed by atoms with E-state index < -0.39 is 0 Å². The smallest absolute Gasteiger partial charge is 0.120 e. The molecule has 1 aromatic carbocycles. The second-order valence-corrected chi connectivity index (χ2v) is 5.07. The van der Waals surface area contributed by atoms with E-state index in [1.165, 1.54) is 22.1 Å². The summed E-state index contributed by atoms with van der Waals surface area (Å²) < 4.78 is 0. The standard InChI is InChI=1S/C15H13NOS/c17-6-1-2-12-9-16-15-4-3-11(8-14(12)15)13-5-7-18-10-13/h3-10,16H,1-2H2. The molecule has 0 unspecified atom stereocenters. The van der Waals surface area contributed by atoms with Crippen molar-refractivity contribution in [3.63, 3.8) is 0 Å². The molecule has 0 aliphatic rings. The predicted molar refractivity (Wildman–Crippen MR) is 76.0 cm³/mol. The molecule has 3 rings (SSSR count). The number of aromatic amines is 1. The molecule has 0 aliphatic heterocycles. The molecule has 0 fully saturated rings. The Morgan fingerprint density at radius 2 is 2.17 bits per heavy atom. The van der Waals surface area contributed by atoms with E-state index in [4.69, 9.17) is 0 Å². The molecule has 0 spiro atoms. The number of benzene rings is 1. The van der Waals surface area contributed by atoms with Crippen molar-refractivity contribution in [2.75, 3.05) is 0 Å². The average Bonchev–Trinajstić information content (AvgIpc) is 3.05. The molecular formula is C15H13NOS. The molecule has 3 aromatic rings. The minimum absolute atomic E-state index is 0.579. The normalized spacial score (nSPS) is 10.9. The Hall–Kier alpha value is -1.87. The van der Waals surface area contributed by atoms with E-state index in [1.54, 1.807) is 11.3 Å². The molecule has 0 amide bonds. The summed E-state index contributed by atoms with van der Waals surface area (Å²) in [5, 5.41) is 5.46. The zero-order valence-electron chi connectivity index (χ0n) is 9.85. The Morgan fingerprint density at radius 3 is 2.94 bits per heavy atom. The predicted octanol–water partition coefficient (Wildman–Crippen LogP) is 4.03. The Morgan fingerprint density at radius 1 is 1.22 bits per heavy atom. The van der Waals surface area contributed by atoms with Gasteiger partial charge in [0.1, 0.15) is 6.29 Å². The first-order valence-electron chi connectivity index (χ1n) is 5.94. The van der Waals surface area contributed by atoms with Gasteiger partial charge in [0.2, 0.25) is 0 Å². The fourth-order valence-electron chi connectivity index (χ4n) is 2.21. The summed E-state index contributed by atoms with van der Waals surface area (Å²) >= 11 is 1.71. The van der Waals surface area contributed by atoms with Gasteiger partial charge < -0.3 is 9.78 Å². The van der Waals surface area contributed by atoms with Crippen LogP contribution < -0.4 is 0 Å². The Labute approximate surface area is 109 Å². The second-order valence-electron chi connectivity index (χ2n) is 4.29. The van der Waals surface area contributed by atoms with Crippen LogP contribution in [-0.4, -0.2) is 11.3 Å². The van der Waals surface area contributed by atoms with E-state index in [2.05, 4.69) is 40.0 Å². The molecule has 2 heterocycles. The number of fused-ring (bicyclic) bond motifs is 1. The van der Waals surface area contributed by atoms with Crippen LogP contribution in [0.2, 0.25) is 0 Å². The summed E-state index contributed by atoms with van der Waals surface area (Å²) in [4.78, 5) is 13.7. The molecule has 0 atom stereocenters. The molecule has 0 saturated carbocycles.